The molecule has 96 valence electrons. The fourth-order valence-corrected chi connectivity index (χ4v) is 1.78. The van der Waals surface area contributed by atoms with E-state index in [-0.39, 0.29) is 11.9 Å². The van der Waals surface area contributed by atoms with Crippen molar-refractivity contribution in [2.24, 2.45) is 0 Å². The number of nitrogens with one attached hydrogen (secondary N) is 1. The van der Waals surface area contributed by atoms with Crippen LogP contribution in [-0.2, 0) is 6.54 Å². The van der Waals surface area contributed by atoms with Crippen molar-refractivity contribution in [1.29, 1.82) is 0 Å². The zero-order chi connectivity index (χ0) is 13.1. The van der Waals surface area contributed by atoms with Gasteiger partial charge in [-0.05, 0) is 44.0 Å². The fourth-order valence-electron chi connectivity index (χ4n) is 1.78. The Balaban J connectivity index is 1.99. The van der Waals surface area contributed by atoms with Gasteiger partial charge in [-0.1, -0.05) is 6.07 Å². The van der Waals surface area contributed by atoms with E-state index in [9.17, 15) is 4.39 Å². The molecule has 0 saturated carbocycles. The van der Waals surface area contributed by atoms with Gasteiger partial charge in [0, 0.05) is 6.54 Å². The summed E-state index contributed by atoms with van der Waals surface area (Å²) in [7, 11) is 0. The topological polar surface area (TPSA) is 38.1 Å². The molecule has 1 heterocycles. The number of aromatic nitrogens is 1. The lowest BCUT2D eigenvalue weighted by Crippen LogP contribution is -2.18. The molecule has 1 N–H and O–H groups in total. The lowest BCUT2D eigenvalue weighted by Gasteiger charge is -2.12. The molecule has 3 nitrogen and oxygen atoms in total. The van der Waals surface area contributed by atoms with Gasteiger partial charge in [0.15, 0.2) is 0 Å². The number of hydrogen-bond donors (Lipinski definition) is 1. The molecular weight excluding hydrogens is 231 g/mol. The van der Waals surface area contributed by atoms with Gasteiger partial charge in [-0.15, -0.1) is 0 Å². The van der Waals surface area contributed by atoms with E-state index in [1.165, 1.54) is 12.1 Å². The number of aryl methyl sites for hydroxylation is 2. The van der Waals surface area contributed by atoms with Crippen molar-refractivity contribution in [3.63, 3.8) is 0 Å². The first-order chi connectivity index (χ1) is 8.56. The molecule has 0 saturated heterocycles. The minimum Gasteiger partial charge on any atom is -0.444 e. The van der Waals surface area contributed by atoms with Crippen molar-refractivity contribution in [1.82, 2.24) is 10.3 Å². The molecule has 0 aliphatic rings. The summed E-state index contributed by atoms with van der Waals surface area (Å²) in [4.78, 5) is 4.18. The number of benzene rings is 1. The van der Waals surface area contributed by atoms with Gasteiger partial charge >= 0.3 is 0 Å². The zero-order valence-electron chi connectivity index (χ0n) is 10.8. The summed E-state index contributed by atoms with van der Waals surface area (Å²) in [6.07, 6.45) is 1.71. The van der Waals surface area contributed by atoms with Crippen LogP contribution in [0.2, 0.25) is 0 Å². The minimum absolute atomic E-state index is 0.0307. The lowest BCUT2D eigenvalue weighted by atomic mass is 10.1. The second-order valence-electron chi connectivity index (χ2n) is 4.48. The SMILES string of the molecule is Cc1cnc(C(C)NCc2ccc(F)cc2C)o1. The van der Waals surface area contributed by atoms with Gasteiger partial charge in [0.25, 0.3) is 0 Å². The zero-order valence-corrected chi connectivity index (χ0v) is 10.8. The number of oxazole rings is 1. The summed E-state index contributed by atoms with van der Waals surface area (Å²) in [5, 5.41) is 3.31. The van der Waals surface area contributed by atoms with Crippen LogP contribution < -0.4 is 5.32 Å². The van der Waals surface area contributed by atoms with Crippen LogP contribution in [0.5, 0.6) is 0 Å². The standard InChI is InChI=1S/C14H17FN2O/c1-9-6-13(15)5-4-12(9)8-16-11(3)14-17-7-10(2)18-14/h4-7,11,16H,8H2,1-3H3. The van der Waals surface area contributed by atoms with E-state index in [1.807, 2.05) is 20.8 Å². The van der Waals surface area contributed by atoms with E-state index in [2.05, 4.69) is 10.3 Å². The molecule has 1 aromatic heterocycles. The van der Waals surface area contributed by atoms with Crippen LogP contribution in [0.25, 0.3) is 0 Å². The van der Waals surface area contributed by atoms with Crippen molar-refractivity contribution in [3.05, 3.63) is 53.0 Å². The van der Waals surface area contributed by atoms with Crippen LogP contribution >= 0.6 is 0 Å². The molecule has 1 aromatic carbocycles. The highest BCUT2D eigenvalue weighted by atomic mass is 19.1. The van der Waals surface area contributed by atoms with E-state index in [1.54, 1.807) is 12.3 Å². The third kappa shape index (κ3) is 2.96. The van der Waals surface area contributed by atoms with E-state index >= 15 is 0 Å². The van der Waals surface area contributed by atoms with Gasteiger partial charge in [-0.3, -0.25) is 0 Å². The van der Waals surface area contributed by atoms with Crippen molar-refractivity contribution < 1.29 is 8.81 Å². The maximum Gasteiger partial charge on any atom is 0.211 e. The summed E-state index contributed by atoms with van der Waals surface area (Å²) < 4.78 is 18.4. The molecule has 0 amide bonds. The Kier molecular flexibility index (Phi) is 3.77. The van der Waals surface area contributed by atoms with Crippen LogP contribution in [0.3, 0.4) is 0 Å². The van der Waals surface area contributed by atoms with Gasteiger partial charge in [0.05, 0.1) is 12.2 Å². The fraction of sp³-hybridized carbons (Fsp3) is 0.357. The van der Waals surface area contributed by atoms with Crippen LogP contribution in [0.15, 0.2) is 28.8 Å². The Labute approximate surface area is 106 Å². The van der Waals surface area contributed by atoms with E-state index < -0.39 is 0 Å². The summed E-state index contributed by atoms with van der Waals surface area (Å²) in [6.45, 7) is 6.42. The Morgan fingerprint density at radius 2 is 2.17 bits per heavy atom. The van der Waals surface area contributed by atoms with Gasteiger partial charge in [0.1, 0.15) is 11.6 Å². The van der Waals surface area contributed by atoms with Crippen LogP contribution in [0.4, 0.5) is 4.39 Å². The Morgan fingerprint density at radius 1 is 1.39 bits per heavy atom. The van der Waals surface area contributed by atoms with Crippen molar-refractivity contribution in [2.45, 2.75) is 33.4 Å². The molecule has 2 aromatic rings. The monoisotopic (exact) mass is 248 g/mol. The van der Waals surface area contributed by atoms with Crippen molar-refractivity contribution in [2.75, 3.05) is 0 Å². The molecule has 0 spiro atoms. The highest BCUT2D eigenvalue weighted by Gasteiger charge is 2.11. The van der Waals surface area contributed by atoms with Crippen LogP contribution in [0.1, 0.15) is 35.7 Å². The molecule has 0 bridgehead atoms. The number of hydrogen-bond acceptors (Lipinski definition) is 3. The van der Waals surface area contributed by atoms with E-state index in [0.29, 0.717) is 12.4 Å². The average molecular weight is 248 g/mol. The van der Waals surface area contributed by atoms with E-state index in [0.717, 1.165) is 16.9 Å². The quantitative estimate of drug-likeness (QED) is 0.902. The molecule has 0 aliphatic carbocycles. The molecule has 0 radical (unpaired) electrons. The minimum atomic E-state index is -0.201. The largest absolute Gasteiger partial charge is 0.444 e. The summed E-state index contributed by atoms with van der Waals surface area (Å²) in [5.74, 6) is 1.27. The number of nitrogens with zero attached hydrogens (tertiary/aromatic N) is 1. The highest BCUT2D eigenvalue weighted by molar-refractivity contribution is 5.26. The second kappa shape index (κ2) is 5.31. The first-order valence-corrected chi connectivity index (χ1v) is 5.97. The van der Waals surface area contributed by atoms with Crippen LogP contribution in [0, 0.1) is 19.7 Å². The number of halogens is 1. The van der Waals surface area contributed by atoms with Gasteiger partial charge in [-0.2, -0.15) is 0 Å². The predicted molar refractivity (Wildman–Crippen MR) is 67.6 cm³/mol. The van der Waals surface area contributed by atoms with Crippen molar-refractivity contribution in [3.8, 4) is 0 Å². The maximum atomic E-state index is 13.0. The number of rotatable bonds is 4. The van der Waals surface area contributed by atoms with Crippen LogP contribution in [-0.4, -0.2) is 4.98 Å². The highest BCUT2D eigenvalue weighted by Crippen LogP contribution is 2.15. The van der Waals surface area contributed by atoms with E-state index in [4.69, 9.17) is 4.42 Å². The smallest absolute Gasteiger partial charge is 0.211 e. The van der Waals surface area contributed by atoms with Gasteiger partial charge in [0.2, 0.25) is 5.89 Å². The molecule has 2 rings (SSSR count). The third-order valence-electron chi connectivity index (χ3n) is 2.91. The predicted octanol–water partition coefficient (Wildman–Crippen LogP) is 3.28. The molecule has 4 heteroatoms. The first-order valence-electron chi connectivity index (χ1n) is 5.97. The molecule has 1 unspecified atom stereocenters. The molecule has 0 fully saturated rings. The molecule has 18 heavy (non-hydrogen) atoms. The maximum absolute atomic E-state index is 13.0. The van der Waals surface area contributed by atoms with Gasteiger partial charge in [-0.25, -0.2) is 9.37 Å². The Morgan fingerprint density at radius 3 is 2.78 bits per heavy atom. The Bertz CT molecular complexity index is 536. The second-order valence-corrected chi connectivity index (χ2v) is 4.48. The average Bonchev–Trinajstić information content (AvgIpc) is 2.74. The summed E-state index contributed by atoms with van der Waals surface area (Å²) in [5.41, 5.74) is 2.02. The molecule has 1 atom stereocenters. The van der Waals surface area contributed by atoms with Gasteiger partial charge < -0.3 is 9.73 Å². The third-order valence-corrected chi connectivity index (χ3v) is 2.91. The summed E-state index contributed by atoms with van der Waals surface area (Å²) >= 11 is 0. The Hall–Kier alpha value is -1.68. The molecular formula is C14H17FN2O. The lowest BCUT2D eigenvalue weighted by molar-refractivity contribution is 0.402. The summed E-state index contributed by atoms with van der Waals surface area (Å²) in [6, 6.07) is 4.84. The van der Waals surface area contributed by atoms with Crippen molar-refractivity contribution >= 4 is 0 Å². The first kappa shape index (κ1) is 12.8. The normalized spacial score (nSPS) is 12.7. The molecule has 0 aliphatic heterocycles.